The summed E-state index contributed by atoms with van der Waals surface area (Å²) in [5.41, 5.74) is -0.155. The van der Waals surface area contributed by atoms with Gasteiger partial charge in [-0.15, -0.1) is 0 Å². The molecule has 0 fully saturated rings. The highest BCUT2D eigenvalue weighted by molar-refractivity contribution is 7.99. The Hall–Kier alpha value is -2.78. The van der Waals surface area contributed by atoms with E-state index >= 15 is 0 Å². The molecule has 3 rings (SSSR count). The Balaban J connectivity index is 1.55. The predicted octanol–water partition coefficient (Wildman–Crippen LogP) is 5.49. The Morgan fingerprint density at radius 3 is 2.53 bits per heavy atom. The van der Waals surface area contributed by atoms with Gasteiger partial charge in [0, 0.05) is 17.6 Å². The van der Waals surface area contributed by atoms with Crippen molar-refractivity contribution in [3.63, 3.8) is 0 Å². The molecule has 0 unspecified atom stereocenters. The average molecular weight is 453 g/mol. The second kappa shape index (κ2) is 9.82. The van der Waals surface area contributed by atoms with Crippen molar-refractivity contribution in [1.29, 1.82) is 0 Å². The first kappa shape index (κ1) is 21.9. The van der Waals surface area contributed by atoms with Crippen LogP contribution in [-0.4, -0.2) is 21.6 Å². The van der Waals surface area contributed by atoms with Gasteiger partial charge in [-0.1, -0.05) is 47.6 Å². The highest BCUT2D eigenvalue weighted by Gasteiger charge is 2.33. The van der Waals surface area contributed by atoms with E-state index in [1.54, 1.807) is 18.2 Å². The van der Waals surface area contributed by atoms with Crippen molar-refractivity contribution in [1.82, 2.24) is 9.97 Å². The first-order chi connectivity index (χ1) is 14.3. The van der Waals surface area contributed by atoms with E-state index in [9.17, 15) is 18.0 Å². The van der Waals surface area contributed by atoms with Crippen LogP contribution in [0.15, 0.2) is 66.0 Å². The van der Waals surface area contributed by atoms with E-state index in [0.29, 0.717) is 22.4 Å². The van der Waals surface area contributed by atoms with Crippen molar-refractivity contribution in [2.24, 2.45) is 0 Å². The third-order valence-electron chi connectivity index (χ3n) is 3.89. The third-order valence-corrected chi connectivity index (χ3v) is 5.06. The minimum atomic E-state index is -4.55. The Bertz CT molecular complexity index is 1020. The van der Waals surface area contributed by atoms with Crippen LogP contribution < -0.4 is 10.6 Å². The van der Waals surface area contributed by atoms with E-state index in [1.807, 2.05) is 12.1 Å². The van der Waals surface area contributed by atoms with E-state index in [2.05, 4.69) is 20.6 Å². The standard InChI is InChI=1S/C20H16ClF3N4OS/c21-14-7-5-13(6-8-14)10-25-17-9-19(27-12-26-17)30-11-18(29)28-16-4-2-1-3-15(16)20(22,23)24/h1-9,12H,10-11H2,(H,28,29)(H,25,26,27). The molecule has 3 aromatic rings. The first-order valence-corrected chi connectivity index (χ1v) is 10.1. The molecule has 0 bridgehead atoms. The van der Waals surface area contributed by atoms with Crippen LogP contribution in [0.5, 0.6) is 0 Å². The summed E-state index contributed by atoms with van der Waals surface area (Å²) in [5.74, 6) is -0.101. The third kappa shape index (κ3) is 6.36. The van der Waals surface area contributed by atoms with E-state index in [-0.39, 0.29) is 11.4 Å². The molecule has 0 spiro atoms. The topological polar surface area (TPSA) is 66.9 Å². The van der Waals surface area contributed by atoms with Gasteiger partial charge in [0.15, 0.2) is 0 Å². The lowest BCUT2D eigenvalue weighted by Gasteiger charge is -2.13. The van der Waals surface area contributed by atoms with Crippen molar-refractivity contribution >= 4 is 40.8 Å². The molecule has 1 aromatic heterocycles. The molecule has 1 amide bonds. The van der Waals surface area contributed by atoms with Crippen LogP contribution in [0.1, 0.15) is 11.1 Å². The molecule has 0 aliphatic rings. The average Bonchev–Trinajstić information content (AvgIpc) is 2.72. The van der Waals surface area contributed by atoms with Gasteiger partial charge in [0.05, 0.1) is 17.0 Å². The van der Waals surface area contributed by atoms with Crippen molar-refractivity contribution in [2.45, 2.75) is 17.7 Å². The fraction of sp³-hybridized carbons (Fsp3) is 0.150. The van der Waals surface area contributed by atoms with Crippen LogP contribution in [0.4, 0.5) is 24.7 Å². The molecule has 2 aromatic carbocycles. The number of rotatable bonds is 7. The van der Waals surface area contributed by atoms with Gasteiger partial charge in [0.2, 0.25) is 5.91 Å². The summed E-state index contributed by atoms with van der Waals surface area (Å²) >= 11 is 6.96. The van der Waals surface area contributed by atoms with Crippen molar-refractivity contribution in [3.8, 4) is 0 Å². The normalized spacial score (nSPS) is 11.2. The number of hydrogen-bond donors (Lipinski definition) is 2. The predicted molar refractivity (Wildman–Crippen MR) is 112 cm³/mol. The van der Waals surface area contributed by atoms with Gasteiger partial charge in [0.1, 0.15) is 17.2 Å². The molecule has 0 aliphatic heterocycles. The quantitative estimate of drug-likeness (QED) is 0.366. The van der Waals surface area contributed by atoms with Crippen LogP contribution in [0.3, 0.4) is 0 Å². The molecule has 156 valence electrons. The lowest BCUT2D eigenvalue weighted by molar-refractivity contribution is -0.137. The number of aromatic nitrogens is 2. The number of anilines is 2. The smallest absolute Gasteiger partial charge is 0.366 e. The highest BCUT2D eigenvalue weighted by Crippen LogP contribution is 2.34. The number of nitrogens with zero attached hydrogens (tertiary/aromatic N) is 2. The largest absolute Gasteiger partial charge is 0.418 e. The van der Waals surface area contributed by atoms with Crippen LogP contribution in [0.25, 0.3) is 0 Å². The SMILES string of the molecule is O=C(CSc1cc(NCc2ccc(Cl)cc2)ncn1)Nc1ccccc1C(F)(F)F. The highest BCUT2D eigenvalue weighted by atomic mass is 35.5. The summed E-state index contributed by atoms with van der Waals surface area (Å²) in [7, 11) is 0. The fourth-order valence-electron chi connectivity index (χ4n) is 2.48. The summed E-state index contributed by atoms with van der Waals surface area (Å²) in [5, 5.41) is 6.61. The lowest BCUT2D eigenvalue weighted by Crippen LogP contribution is -2.18. The van der Waals surface area contributed by atoms with Gasteiger partial charge in [0.25, 0.3) is 0 Å². The number of carbonyl (C=O) groups is 1. The molecule has 1 heterocycles. The number of amides is 1. The summed E-state index contributed by atoms with van der Waals surface area (Å²) in [6.07, 6.45) is -3.20. The number of carbonyl (C=O) groups excluding carboxylic acids is 1. The second-order valence-electron chi connectivity index (χ2n) is 6.10. The van der Waals surface area contributed by atoms with Crippen LogP contribution >= 0.6 is 23.4 Å². The van der Waals surface area contributed by atoms with Gasteiger partial charge in [-0.3, -0.25) is 4.79 Å². The zero-order valence-corrected chi connectivity index (χ0v) is 17.0. The van der Waals surface area contributed by atoms with Crippen LogP contribution in [0, 0.1) is 0 Å². The minimum absolute atomic E-state index is 0.0974. The summed E-state index contributed by atoms with van der Waals surface area (Å²) in [6, 6.07) is 13.8. The number of benzene rings is 2. The Morgan fingerprint density at radius 1 is 1.07 bits per heavy atom. The molecule has 30 heavy (non-hydrogen) atoms. The Morgan fingerprint density at radius 2 is 1.80 bits per heavy atom. The summed E-state index contributed by atoms with van der Waals surface area (Å²) < 4.78 is 39.1. The number of alkyl halides is 3. The van der Waals surface area contributed by atoms with Crippen molar-refractivity contribution in [3.05, 3.63) is 77.1 Å². The monoisotopic (exact) mass is 452 g/mol. The van der Waals surface area contributed by atoms with E-state index < -0.39 is 17.6 Å². The number of thioether (sulfide) groups is 1. The molecule has 0 radical (unpaired) electrons. The fourth-order valence-corrected chi connectivity index (χ4v) is 3.27. The molecule has 0 saturated heterocycles. The van der Waals surface area contributed by atoms with Gasteiger partial charge in [-0.05, 0) is 29.8 Å². The Kier molecular flexibility index (Phi) is 7.17. The van der Waals surface area contributed by atoms with E-state index in [0.717, 1.165) is 23.4 Å². The van der Waals surface area contributed by atoms with Crippen LogP contribution in [-0.2, 0) is 17.5 Å². The molecule has 0 saturated carbocycles. The molecule has 2 N–H and O–H groups in total. The van der Waals surface area contributed by atoms with Crippen molar-refractivity contribution in [2.75, 3.05) is 16.4 Å². The number of nitrogens with one attached hydrogen (secondary N) is 2. The molecule has 5 nitrogen and oxygen atoms in total. The number of hydrogen-bond acceptors (Lipinski definition) is 5. The van der Waals surface area contributed by atoms with E-state index in [1.165, 1.54) is 24.5 Å². The van der Waals surface area contributed by atoms with Gasteiger partial charge in [-0.25, -0.2) is 9.97 Å². The summed E-state index contributed by atoms with van der Waals surface area (Å²) in [4.78, 5) is 20.3. The first-order valence-electron chi connectivity index (χ1n) is 8.70. The van der Waals surface area contributed by atoms with Crippen molar-refractivity contribution < 1.29 is 18.0 Å². The van der Waals surface area contributed by atoms with Gasteiger partial charge >= 0.3 is 6.18 Å². The summed E-state index contributed by atoms with van der Waals surface area (Å²) in [6.45, 7) is 0.521. The van der Waals surface area contributed by atoms with Gasteiger partial charge in [-0.2, -0.15) is 13.2 Å². The van der Waals surface area contributed by atoms with Gasteiger partial charge < -0.3 is 10.6 Å². The lowest BCUT2D eigenvalue weighted by atomic mass is 10.1. The second-order valence-corrected chi connectivity index (χ2v) is 7.53. The Labute approximate surface area is 180 Å². The zero-order chi connectivity index (χ0) is 21.6. The molecular formula is C20H16ClF3N4OS. The maximum Gasteiger partial charge on any atom is 0.418 e. The zero-order valence-electron chi connectivity index (χ0n) is 15.4. The maximum atomic E-state index is 13.0. The molecule has 0 atom stereocenters. The number of para-hydroxylation sites is 1. The molecule has 0 aliphatic carbocycles. The number of halogens is 4. The molecule has 10 heteroatoms. The molecular weight excluding hydrogens is 437 g/mol. The van der Waals surface area contributed by atoms with Crippen LogP contribution in [0.2, 0.25) is 5.02 Å². The minimum Gasteiger partial charge on any atom is -0.366 e. The van der Waals surface area contributed by atoms with E-state index in [4.69, 9.17) is 11.6 Å². The maximum absolute atomic E-state index is 13.0.